The van der Waals surface area contributed by atoms with Gasteiger partial charge in [-0.25, -0.2) is 24.9 Å². The Morgan fingerprint density at radius 3 is 2.70 bits per heavy atom. The third kappa shape index (κ3) is 3.28. The second-order valence-corrected chi connectivity index (χ2v) is 10.2. The molecule has 0 radical (unpaired) electrons. The number of likely N-dealkylation sites (tertiary alicyclic amines) is 1. The van der Waals surface area contributed by atoms with Crippen LogP contribution in [0.2, 0.25) is 0 Å². The highest BCUT2D eigenvalue weighted by atomic mass is 16.2. The summed E-state index contributed by atoms with van der Waals surface area (Å²) >= 11 is 0. The van der Waals surface area contributed by atoms with Gasteiger partial charge in [0, 0.05) is 49.2 Å². The fourth-order valence-electron chi connectivity index (χ4n) is 5.73. The molecule has 1 saturated heterocycles. The van der Waals surface area contributed by atoms with Gasteiger partial charge < -0.3 is 14.8 Å². The molecule has 1 saturated carbocycles. The Balaban J connectivity index is 1.33. The van der Waals surface area contributed by atoms with Crippen LogP contribution in [0.25, 0.3) is 33.8 Å². The number of amides is 2. The van der Waals surface area contributed by atoms with E-state index in [-0.39, 0.29) is 17.7 Å². The molecule has 2 aliphatic heterocycles. The van der Waals surface area contributed by atoms with Crippen molar-refractivity contribution in [2.45, 2.75) is 45.1 Å². The Hall–Kier alpha value is -4.21. The number of aromatic nitrogens is 6. The molecule has 1 aliphatic carbocycles. The highest BCUT2D eigenvalue weighted by Gasteiger charge is 2.53. The number of nitrogens with one attached hydrogen (secondary N) is 1. The van der Waals surface area contributed by atoms with Gasteiger partial charge in [-0.3, -0.25) is 9.59 Å². The third-order valence-electron chi connectivity index (χ3n) is 7.89. The zero-order valence-electron chi connectivity index (χ0n) is 20.7. The number of hydrogen-bond acceptors (Lipinski definition) is 7. The zero-order chi connectivity index (χ0) is 25.3. The molecule has 5 heterocycles. The van der Waals surface area contributed by atoms with Crippen LogP contribution in [0.3, 0.4) is 0 Å². The summed E-state index contributed by atoms with van der Waals surface area (Å²) < 4.78 is 2.03. The van der Waals surface area contributed by atoms with Crippen LogP contribution < -0.4 is 5.32 Å². The smallest absolute Gasteiger partial charge is 0.236 e. The van der Waals surface area contributed by atoms with Gasteiger partial charge in [-0.1, -0.05) is 6.07 Å². The fraction of sp³-hybridized carbons (Fsp3) is 0.370. The monoisotopic (exact) mass is 494 g/mol. The molecule has 3 aromatic heterocycles. The first-order valence-electron chi connectivity index (χ1n) is 12.7. The van der Waals surface area contributed by atoms with Crippen molar-refractivity contribution < 1.29 is 9.59 Å². The van der Waals surface area contributed by atoms with Crippen molar-refractivity contribution in [3.63, 3.8) is 0 Å². The summed E-state index contributed by atoms with van der Waals surface area (Å²) in [4.78, 5) is 50.6. The minimum Gasteiger partial charge on any atom is -0.341 e. The maximum Gasteiger partial charge on any atom is 0.236 e. The number of nitrogens with zero attached hydrogens (tertiary/aromatic N) is 7. The van der Waals surface area contributed by atoms with Crippen molar-refractivity contribution in [1.29, 1.82) is 0 Å². The highest BCUT2D eigenvalue weighted by molar-refractivity contribution is 6.08. The summed E-state index contributed by atoms with van der Waals surface area (Å²) in [6.07, 6.45) is 7.64. The standard InChI is InChI=1S/C27H26N8O2/c1-3-35-23(18-11-28-15(2)29-12-18)33-22-21(30-14-31-24(22)35)17-6-7-20-19(10-17)27(26(37)32-20)8-9-34(13-27)25(36)16-4-5-16/h6-7,10-12,14,16H,3-5,8-9,13H2,1-2H3,(H,32,37)/t27-/m0/s1. The predicted octanol–water partition coefficient (Wildman–Crippen LogP) is 3.11. The molecule has 1 atom stereocenters. The first-order valence-corrected chi connectivity index (χ1v) is 12.7. The van der Waals surface area contributed by atoms with Crippen molar-refractivity contribution >= 4 is 28.7 Å². The topological polar surface area (TPSA) is 119 Å². The van der Waals surface area contributed by atoms with Gasteiger partial charge in [0.1, 0.15) is 29.2 Å². The number of benzene rings is 1. The predicted molar refractivity (Wildman–Crippen MR) is 136 cm³/mol. The normalized spacial score (nSPS) is 20.6. The molecule has 4 aromatic rings. The average molecular weight is 495 g/mol. The second-order valence-electron chi connectivity index (χ2n) is 10.2. The van der Waals surface area contributed by atoms with Gasteiger partial charge in [-0.15, -0.1) is 0 Å². The Labute approximate surface area is 213 Å². The van der Waals surface area contributed by atoms with Crippen molar-refractivity contribution in [2.24, 2.45) is 5.92 Å². The van der Waals surface area contributed by atoms with Crippen LogP contribution in [0.1, 0.15) is 37.6 Å². The number of carbonyl (C=O) groups is 2. The molecule has 7 rings (SSSR count). The van der Waals surface area contributed by atoms with E-state index >= 15 is 0 Å². The number of carbonyl (C=O) groups excluding carboxylic acids is 2. The van der Waals surface area contributed by atoms with Gasteiger partial charge in [0.2, 0.25) is 11.8 Å². The Morgan fingerprint density at radius 1 is 1.14 bits per heavy atom. The van der Waals surface area contributed by atoms with E-state index < -0.39 is 5.41 Å². The lowest BCUT2D eigenvalue weighted by Crippen LogP contribution is -2.39. The molecular weight excluding hydrogens is 468 g/mol. The second kappa shape index (κ2) is 7.89. The summed E-state index contributed by atoms with van der Waals surface area (Å²) in [7, 11) is 0. The van der Waals surface area contributed by atoms with Gasteiger partial charge in [0.25, 0.3) is 0 Å². The van der Waals surface area contributed by atoms with Crippen LogP contribution in [-0.4, -0.2) is 59.3 Å². The number of hydrogen-bond donors (Lipinski definition) is 1. The van der Waals surface area contributed by atoms with E-state index in [1.54, 1.807) is 18.7 Å². The van der Waals surface area contributed by atoms with Crippen LogP contribution in [0.5, 0.6) is 0 Å². The third-order valence-corrected chi connectivity index (χ3v) is 7.89. The molecule has 10 heteroatoms. The lowest BCUT2D eigenvalue weighted by molar-refractivity contribution is -0.131. The molecule has 0 unspecified atom stereocenters. The molecule has 10 nitrogen and oxygen atoms in total. The largest absolute Gasteiger partial charge is 0.341 e. The number of aryl methyl sites for hydroxylation is 2. The summed E-state index contributed by atoms with van der Waals surface area (Å²) in [5.41, 5.74) is 4.79. The van der Waals surface area contributed by atoms with Gasteiger partial charge >= 0.3 is 0 Å². The molecule has 2 fully saturated rings. The molecule has 37 heavy (non-hydrogen) atoms. The summed E-state index contributed by atoms with van der Waals surface area (Å²) in [6.45, 7) is 5.60. The van der Waals surface area contributed by atoms with Gasteiger partial charge in [-0.2, -0.15) is 0 Å². The molecule has 3 aliphatic rings. The van der Waals surface area contributed by atoms with E-state index in [2.05, 4.69) is 25.3 Å². The Morgan fingerprint density at radius 2 is 1.95 bits per heavy atom. The van der Waals surface area contributed by atoms with E-state index in [4.69, 9.17) is 4.98 Å². The van der Waals surface area contributed by atoms with Gasteiger partial charge in [0.05, 0.1) is 11.0 Å². The Bertz CT molecular complexity index is 1590. The van der Waals surface area contributed by atoms with Crippen LogP contribution in [0.15, 0.2) is 36.9 Å². The molecule has 1 aromatic carbocycles. The number of imidazole rings is 1. The average Bonchev–Trinajstić information content (AvgIpc) is 3.46. The molecular formula is C27H26N8O2. The van der Waals surface area contributed by atoms with Gasteiger partial charge in [0.15, 0.2) is 5.65 Å². The first-order chi connectivity index (χ1) is 18.0. The summed E-state index contributed by atoms with van der Waals surface area (Å²) in [5, 5.41) is 3.06. The lowest BCUT2D eigenvalue weighted by Gasteiger charge is -2.23. The minimum absolute atomic E-state index is 0.0319. The molecule has 0 bridgehead atoms. The van der Waals surface area contributed by atoms with Crippen molar-refractivity contribution in [3.05, 3.63) is 48.3 Å². The van der Waals surface area contributed by atoms with Crippen molar-refractivity contribution in [2.75, 3.05) is 18.4 Å². The quantitative estimate of drug-likeness (QED) is 0.463. The number of anilines is 1. The number of rotatable bonds is 4. The Kier molecular flexibility index (Phi) is 4.70. The van der Waals surface area contributed by atoms with Crippen LogP contribution in [0, 0.1) is 12.8 Å². The lowest BCUT2D eigenvalue weighted by atomic mass is 9.80. The minimum atomic E-state index is -0.727. The summed E-state index contributed by atoms with van der Waals surface area (Å²) in [6, 6.07) is 5.93. The van der Waals surface area contributed by atoms with E-state index in [0.717, 1.165) is 46.7 Å². The van der Waals surface area contributed by atoms with E-state index in [1.807, 2.05) is 41.5 Å². The highest BCUT2D eigenvalue weighted by Crippen LogP contribution is 2.47. The van der Waals surface area contributed by atoms with E-state index in [0.29, 0.717) is 43.1 Å². The first kappa shape index (κ1) is 22.0. The van der Waals surface area contributed by atoms with Crippen LogP contribution >= 0.6 is 0 Å². The zero-order valence-corrected chi connectivity index (χ0v) is 20.7. The van der Waals surface area contributed by atoms with Crippen molar-refractivity contribution in [3.8, 4) is 22.6 Å². The van der Waals surface area contributed by atoms with Crippen LogP contribution in [0.4, 0.5) is 5.69 Å². The van der Waals surface area contributed by atoms with E-state index in [9.17, 15) is 9.59 Å². The molecule has 1 spiro atoms. The SMILES string of the molecule is CCn1c(-c2cnc(C)nc2)nc2c(-c3ccc4c(c3)[C@@]3(CCN(C(=O)C5CC5)C3)C(=O)N4)ncnc21. The molecule has 186 valence electrons. The van der Waals surface area contributed by atoms with Crippen LogP contribution in [-0.2, 0) is 21.5 Å². The van der Waals surface area contributed by atoms with Crippen molar-refractivity contribution in [1.82, 2.24) is 34.4 Å². The maximum absolute atomic E-state index is 13.2. The maximum atomic E-state index is 13.2. The number of fused-ring (bicyclic) bond motifs is 3. The molecule has 2 amide bonds. The summed E-state index contributed by atoms with van der Waals surface area (Å²) in [5.74, 6) is 1.73. The molecule has 1 N–H and O–H groups in total. The van der Waals surface area contributed by atoms with Gasteiger partial charge in [-0.05, 0) is 50.8 Å². The van der Waals surface area contributed by atoms with E-state index in [1.165, 1.54) is 0 Å². The fourth-order valence-corrected chi connectivity index (χ4v) is 5.73.